The third-order valence-corrected chi connectivity index (χ3v) is 6.08. The molecule has 1 aromatic rings. The van der Waals surface area contributed by atoms with Gasteiger partial charge in [-0.05, 0) is 36.8 Å². The minimum Gasteiger partial charge on any atom is -0.481 e. The van der Waals surface area contributed by atoms with Crippen LogP contribution in [0.4, 0.5) is 0 Å². The molecule has 1 atom stereocenters. The van der Waals surface area contributed by atoms with Gasteiger partial charge in [0.2, 0.25) is 11.8 Å². The van der Waals surface area contributed by atoms with Gasteiger partial charge in [-0.3, -0.25) is 14.4 Å². The molecule has 6 nitrogen and oxygen atoms in total. The lowest BCUT2D eigenvalue weighted by Gasteiger charge is -2.27. The maximum atomic E-state index is 12.3. The van der Waals surface area contributed by atoms with Gasteiger partial charge in [0.1, 0.15) is 0 Å². The fourth-order valence-corrected chi connectivity index (χ4v) is 4.23. The fraction of sp³-hybridized carbons (Fsp3) is 0.588. The van der Waals surface area contributed by atoms with E-state index in [0.717, 1.165) is 6.42 Å². The van der Waals surface area contributed by atoms with Gasteiger partial charge in [-0.2, -0.15) is 0 Å². The quantitative estimate of drug-likeness (QED) is 0.897. The number of carbonyl (C=O) groups is 3. The first-order valence-electron chi connectivity index (χ1n) is 8.23. The zero-order chi connectivity index (χ0) is 17.3. The molecule has 0 bridgehead atoms. The number of hydrogen-bond acceptors (Lipinski definition) is 4. The molecule has 2 aliphatic heterocycles. The van der Waals surface area contributed by atoms with E-state index in [9.17, 15) is 19.5 Å². The summed E-state index contributed by atoms with van der Waals surface area (Å²) in [5.74, 6) is -0.990. The minimum atomic E-state index is -0.867. The van der Waals surface area contributed by atoms with Crippen LogP contribution in [-0.2, 0) is 27.3 Å². The number of amides is 2. The van der Waals surface area contributed by atoms with E-state index >= 15 is 0 Å². The number of fused-ring (bicyclic) bond motifs is 1. The zero-order valence-corrected chi connectivity index (χ0v) is 14.6. The van der Waals surface area contributed by atoms with Gasteiger partial charge < -0.3 is 14.9 Å². The maximum absolute atomic E-state index is 12.3. The predicted octanol–water partition coefficient (Wildman–Crippen LogP) is 1.74. The van der Waals surface area contributed by atoms with Crippen molar-refractivity contribution in [2.45, 2.75) is 39.2 Å². The summed E-state index contributed by atoms with van der Waals surface area (Å²) in [5, 5.41) is 11.3. The summed E-state index contributed by atoms with van der Waals surface area (Å²) in [5.41, 5.74) is 0.352. The van der Waals surface area contributed by atoms with Crippen LogP contribution in [0, 0.1) is 5.41 Å². The molecule has 1 fully saturated rings. The Morgan fingerprint density at radius 3 is 2.58 bits per heavy atom. The van der Waals surface area contributed by atoms with E-state index in [1.165, 1.54) is 10.4 Å². The molecule has 2 amide bonds. The van der Waals surface area contributed by atoms with Crippen molar-refractivity contribution in [3.63, 3.8) is 0 Å². The molecule has 0 aromatic carbocycles. The van der Waals surface area contributed by atoms with Gasteiger partial charge in [0.05, 0.1) is 5.41 Å². The Balaban J connectivity index is 1.49. The second-order valence-corrected chi connectivity index (χ2v) is 7.87. The van der Waals surface area contributed by atoms with E-state index in [-0.39, 0.29) is 31.2 Å². The third-order valence-electron chi connectivity index (χ3n) is 5.06. The van der Waals surface area contributed by atoms with Gasteiger partial charge in [0.15, 0.2) is 0 Å². The van der Waals surface area contributed by atoms with Gasteiger partial charge in [-0.25, -0.2) is 0 Å². The maximum Gasteiger partial charge on any atom is 0.311 e. The number of aliphatic carboxylic acids is 1. The lowest BCUT2D eigenvalue weighted by Crippen LogP contribution is -2.37. The van der Waals surface area contributed by atoms with Crippen LogP contribution in [0.1, 0.15) is 36.6 Å². The summed E-state index contributed by atoms with van der Waals surface area (Å²) in [7, 11) is 0. The Hall–Kier alpha value is -1.89. The molecule has 1 N–H and O–H groups in total. The Kier molecular flexibility index (Phi) is 4.62. The van der Waals surface area contributed by atoms with Crippen LogP contribution in [0.5, 0.6) is 0 Å². The Morgan fingerprint density at radius 2 is 1.92 bits per heavy atom. The van der Waals surface area contributed by atoms with Gasteiger partial charge in [-0.1, -0.05) is 0 Å². The Morgan fingerprint density at radius 1 is 1.21 bits per heavy atom. The summed E-state index contributed by atoms with van der Waals surface area (Å²) in [4.78, 5) is 40.6. The molecule has 0 saturated carbocycles. The second kappa shape index (κ2) is 6.55. The SMILES string of the molecule is CC1(C(=O)O)CCN(C(=O)CCC(=O)N2CCc3sccc3C2)C1. The molecule has 24 heavy (non-hydrogen) atoms. The number of carbonyl (C=O) groups excluding carboxylic acids is 2. The van der Waals surface area contributed by atoms with Crippen LogP contribution in [0.2, 0.25) is 0 Å². The van der Waals surface area contributed by atoms with Crippen LogP contribution in [0.15, 0.2) is 11.4 Å². The molecule has 0 aliphatic carbocycles. The van der Waals surface area contributed by atoms with Crippen molar-refractivity contribution in [1.82, 2.24) is 9.80 Å². The van der Waals surface area contributed by atoms with Crippen molar-refractivity contribution in [2.75, 3.05) is 19.6 Å². The standard InChI is InChI=1S/C17H22N2O4S/c1-17(16(22)23)6-8-19(11-17)15(21)3-2-14(20)18-7-4-13-12(10-18)5-9-24-13/h5,9H,2-4,6-8,10-11H2,1H3,(H,22,23). The number of nitrogens with zero attached hydrogens (tertiary/aromatic N) is 2. The molecule has 2 aliphatic rings. The molecule has 3 rings (SSSR count). The molecule has 130 valence electrons. The van der Waals surface area contributed by atoms with Crippen molar-refractivity contribution < 1.29 is 19.5 Å². The number of hydrogen-bond donors (Lipinski definition) is 1. The summed E-state index contributed by atoms with van der Waals surface area (Å²) in [6.07, 6.45) is 1.70. The van der Waals surface area contributed by atoms with Gasteiger partial charge in [0.25, 0.3) is 0 Å². The number of thiophene rings is 1. The third kappa shape index (κ3) is 3.31. The number of carboxylic acid groups (broad SMARTS) is 1. The zero-order valence-electron chi connectivity index (χ0n) is 13.8. The van der Waals surface area contributed by atoms with E-state index in [2.05, 4.69) is 11.4 Å². The normalized spacial score (nSPS) is 23.2. The van der Waals surface area contributed by atoms with E-state index in [0.29, 0.717) is 26.1 Å². The molecule has 7 heteroatoms. The van der Waals surface area contributed by atoms with Crippen LogP contribution in [0.3, 0.4) is 0 Å². The topological polar surface area (TPSA) is 77.9 Å². The summed E-state index contributed by atoms with van der Waals surface area (Å²) in [6.45, 7) is 3.70. The fourth-order valence-electron chi connectivity index (χ4n) is 3.34. The predicted molar refractivity (Wildman–Crippen MR) is 89.6 cm³/mol. The molecule has 1 saturated heterocycles. The van der Waals surface area contributed by atoms with Crippen molar-refractivity contribution in [1.29, 1.82) is 0 Å². The smallest absolute Gasteiger partial charge is 0.311 e. The Bertz CT molecular complexity index is 671. The van der Waals surface area contributed by atoms with Gasteiger partial charge in [-0.15, -0.1) is 11.3 Å². The first-order chi connectivity index (χ1) is 11.4. The first-order valence-corrected chi connectivity index (χ1v) is 9.11. The monoisotopic (exact) mass is 350 g/mol. The molecule has 3 heterocycles. The van der Waals surface area contributed by atoms with Crippen molar-refractivity contribution >= 4 is 29.1 Å². The highest BCUT2D eigenvalue weighted by Crippen LogP contribution is 2.30. The van der Waals surface area contributed by atoms with E-state index in [4.69, 9.17) is 0 Å². The van der Waals surface area contributed by atoms with Gasteiger partial charge >= 0.3 is 5.97 Å². The molecular formula is C17H22N2O4S. The highest BCUT2D eigenvalue weighted by Gasteiger charge is 2.42. The highest BCUT2D eigenvalue weighted by atomic mass is 32.1. The van der Waals surface area contributed by atoms with Crippen LogP contribution >= 0.6 is 11.3 Å². The summed E-state index contributed by atoms with van der Waals surface area (Å²) in [6, 6.07) is 2.06. The Labute approximate surface area is 145 Å². The first kappa shape index (κ1) is 17.0. The molecule has 0 spiro atoms. The highest BCUT2D eigenvalue weighted by molar-refractivity contribution is 7.10. The largest absolute Gasteiger partial charge is 0.481 e. The van der Waals surface area contributed by atoms with E-state index in [1.54, 1.807) is 23.2 Å². The van der Waals surface area contributed by atoms with Crippen molar-refractivity contribution in [2.24, 2.45) is 5.41 Å². The lowest BCUT2D eigenvalue weighted by atomic mass is 9.90. The summed E-state index contributed by atoms with van der Waals surface area (Å²) < 4.78 is 0. The minimum absolute atomic E-state index is 0.000364. The van der Waals surface area contributed by atoms with Crippen LogP contribution in [-0.4, -0.2) is 52.3 Å². The number of rotatable bonds is 4. The number of carboxylic acids is 1. The van der Waals surface area contributed by atoms with Gasteiger partial charge in [0, 0.05) is 43.9 Å². The van der Waals surface area contributed by atoms with Crippen molar-refractivity contribution in [3.8, 4) is 0 Å². The van der Waals surface area contributed by atoms with E-state index < -0.39 is 11.4 Å². The summed E-state index contributed by atoms with van der Waals surface area (Å²) >= 11 is 1.73. The molecule has 1 unspecified atom stereocenters. The van der Waals surface area contributed by atoms with E-state index in [1.807, 2.05) is 4.90 Å². The van der Waals surface area contributed by atoms with Crippen LogP contribution in [0.25, 0.3) is 0 Å². The second-order valence-electron chi connectivity index (χ2n) is 6.87. The molecule has 1 aromatic heterocycles. The molecular weight excluding hydrogens is 328 g/mol. The van der Waals surface area contributed by atoms with Crippen molar-refractivity contribution in [3.05, 3.63) is 21.9 Å². The lowest BCUT2D eigenvalue weighted by molar-refractivity contribution is -0.147. The molecule has 0 radical (unpaired) electrons. The average molecular weight is 350 g/mol. The number of likely N-dealkylation sites (tertiary alicyclic amines) is 1. The average Bonchev–Trinajstić information content (AvgIpc) is 3.18. The van der Waals surface area contributed by atoms with Crippen LogP contribution < -0.4 is 0 Å².